The molecule has 3 fully saturated rings. The van der Waals surface area contributed by atoms with Gasteiger partial charge in [0.15, 0.2) is 0 Å². The van der Waals surface area contributed by atoms with Gasteiger partial charge in [-0.25, -0.2) is 5.06 Å². The predicted octanol–water partition coefficient (Wildman–Crippen LogP) is 1.14. The monoisotopic (exact) mass is 306 g/mol. The van der Waals surface area contributed by atoms with Crippen molar-refractivity contribution in [2.45, 2.75) is 13.0 Å². The lowest BCUT2D eigenvalue weighted by atomic mass is 9.82. The molecule has 0 spiro atoms. The summed E-state index contributed by atoms with van der Waals surface area (Å²) in [5.74, 6) is 1.80. The van der Waals surface area contributed by atoms with E-state index in [-0.39, 0.29) is 11.8 Å². The van der Waals surface area contributed by atoms with Crippen molar-refractivity contribution in [2.24, 2.45) is 17.8 Å². The highest BCUT2D eigenvalue weighted by atomic mass is 16.7. The lowest BCUT2D eigenvalue weighted by Gasteiger charge is -2.33. The number of carbonyl (C=O) groups excluding carboxylic acids is 1. The van der Waals surface area contributed by atoms with Gasteiger partial charge < -0.3 is 9.15 Å². The van der Waals surface area contributed by atoms with Gasteiger partial charge in [0.2, 0.25) is 0 Å². The SMILES string of the molecule is O=C([C@@H]1COC[C@H]2CN(Cc3ccco3)C[C@H]21)N1CCCO1. The Balaban J connectivity index is 1.43. The Hall–Kier alpha value is -1.37. The molecule has 0 radical (unpaired) electrons. The Labute approximate surface area is 129 Å². The van der Waals surface area contributed by atoms with E-state index in [1.165, 1.54) is 0 Å². The van der Waals surface area contributed by atoms with E-state index in [0.29, 0.717) is 31.6 Å². The quantitative estimate of drug-likeness (QED) is 0.838. The highest BCUT2D eigenvalue weighted by Crippen LogP contribution is 2.36. The van der Waals surface area contributed by atoms with Crippen LogP contribution in [-0.2, 0) is 20.9 Å². The van der Waals surface area contributed by atoms with Gasteiger partial charge >= 0.3 is 0 Å². The van der Waals surface area contributed by atoms with Crippen LogP contribution in [0.15, 0.2) is 22.8 Å². The molecule has 1 aromatic rings. The second-order valence-electron chi connectivity index (χ2n) is 6.47. The van der Waals surface area contributed by atoms with Gasteiger partial charge in [0.1, 0.15) is 5.76 Å². The number of hydrogen-bond donors (Lipinski definition) is 0. The van der Waals surface area contributed by atoms with Crippen LogP contribution in [0.2, 0.25) is 0 Å². The number of nitrogens with zero attached hydrogens (tertiary/aromatic N) is 2. The van der Waals surface area contributed by atoms with Gasteiger partial charge in [-0.1, -0.05) is 0 Å². The lowest BCUT2D eigenvalue weighted by molar-refractivity contribution is -0.181. The van der Waals surface area contributed by atoms with E-state index < -0.39 is 0 Å². The fourth-order valence-corrected chi connectivity index (χ4v) is 3.90. The minimum absolute atomic E-state index is 0.0709. The molecule has 3 aliphatic heterocycles. The summed E-state index contributed by atoms with van der Waals surface area (Å²) < 4.78 is 11.1. The molecule has 3 atom stereocenters. The minimum Gasteiger partial charge on any atom is -0.468 e. The summed E-state index contributed by atoms with van der Waals surface area (Å²) in [6.45, 7) is 5.34. The standard InChI is InChI=1S/C16H22N2O4/c19-16(18-4-2-6-22-18)15-11-20-10-12-7-17(9-14(12)15)8-13-3-1-5-21-13/h1,3,5,12,14-15H,2,4,6-11H2/t12-,14-,15-/m1/s1. The summed E-state index contributed by atoms with van der Waals surface area (Å²) in [5, 5.41) is 1.55. The smallest absolute Gasteiger partial charge is 0.251 e. The fourth-order valence-electron chi connectivity index (χ4n) is 3.90. The molecule has 0 saturated carbocycles. The number of rotatable bonds is 3. The van der Waals surface area contributed by atoms with Gasteiger partial charge in [0.05, 0.1) is 45.1 Å². The second kappa shape index (κ2) is 6.02. The number of amides is 1. The fraction of sp³-hybridized carbons (Fsp3) is 0.688. The van der Waals surface area contributed by atoms with E-state index in [4.69, 9.17) is 14.0 Å². The van der Waals surface area contributed by atoms with Gasteiger partial charge in [-0.15, -0.1) is 0 Å². The number of furan rings is 1. The molecule has 0 aromatic carbocycles. The van der Waals surface area contributed by atoms with Crippen LogP contribution >= 0.6 is 0 Å². The first kappa shape index (κ1) is 14.2. The van der Waals surface area contributed by atoms with Gasteiger partial charge in [-0.2, -0.15) is 0 Å². The molecule has 0 N–H and O–H groups in total. The van der Waals surface area contributed by atoms with Crippen molar-refractivity contribution < 1.29 is 18.8 Å². The molecular weight excluding hydrogens is 284 g/mol. The van der Waals surface area contributed by atoms with Gasteiger partial charge in [0.25, 0.3) is 5.91 Å². The van der Waals surface area contributed by atoms with Crippen LogP contribution < -0.4 is 0 Å². The molecule has 0 bridgehead atoms. The summed E-state index contributed by atoms with van der Waals surface area (Å²) in [6.07, 6.45) is 2.64. The minimum atomic E-state index is -0.0709. The zero-order valence-corrected chi connectivity index (χ0v) is 12.6. The predicted molar refractivity (Wildman–Crippen MR) is 77.6 cm³/mol. The summed E-state index contributed by atoms with van der Waals surface area (Å²) in [5.41, 5.74) is 0. The average Bonchev–Trinajstić information content (AvgIpc) is 3.27. The van der Waals surface area contributed by atoms with E-state index in [0.717, 1.165) is 38.4 Å². The summed E-state index contributed by atoms with van der Waals surface area (Å²) in [6, 6.07) is 3.91. The molecule has 6 heteroatoms. The first-order chi connectivity index (χ1) is 10.8. The number of ether oxygens (including phenoxy) is 1. The number of fused-ring (bicyclic) bond motifs is 1. The van der Waals surface area contributed by atoms with Crippen LogP contribution in [0.3, 0.4) is 0 Å². The van der Waals surface area contributed by atoms with Crippen LogP contribution in [0.5, 0.6) is 0 Å². The molecule has 120 valence electrons. The van der Waals surface area contributed by atoms with Crippen molar-refractivity contribution >= 4 is 5.91 Å². The van der Waals surface area contributed by atoms with Crippen LogP contribution in [-0.4, -0.2) is 55.3 Å². The van der Waals surface area contributed by atoms with E-state index in [1.807, 2.05) is 12.1 Å². The molecule has 3 saturated heterocycles. The highest BCUT2D eigenvalue weighted by Gasteiger charge is 2.45. The summed E-state index contributed by atoms with van der Waals surface area (Å²) >= 11 is 0. The molecular formula is C16H22N2O4. The summed E-state index contributed by atoms with van der Waals surface area (Å²) in [4.78, 5) is 20.4. The number of carbonyl (C=O) groups is 1. The molecule has 4 heterocycles. The Kier molecular flexibility index (Phi) is 3.90. The number of likely N-dealkylation sites (tertiary alicyclic amines) is 1. The topological polar surface area (TPSA) is 55.2 Å². The van der Waals surface area contributed by atoms with E-state index in [2.05, 4.69) is 4.90 Å². The maximum absolute atomic E-state index is 12.7. The largest absolute Gasteiger partial charge is 0.468 e. The molecule has 0 unspecified atom stereocenters. The van der Waals surface area contributed by atoms with E-state index in [1.54, 1.807) is 11.3 Å². The van der Waals surface area contributed by atoms with Crippen molar-refractivity contribution in [2.75, 3.05) is 39.5 Å². The number of hydroxylamine groups is 2. The molecule has 6 nitrogen and oxygen atoms in total. The molecule has 0 aliphatic carbocycles. The van der Waals surface area contributed by atoms with Crippen molar-refractivity contribution in [3.8, 4) is 0 Å². The Morgan fingerprint density at radius 3 is 3.05 bits per heavy atom. The third-order valence-electron chi connectivity index (χ3n) is 4.99. The second-order valence-corrected chi connectivity index (χ2v) is 6.47. The molecule has 4 rings (SSSR count). The first-order valence-electron chi connectivity index (χ1n) is 8.08. The van der Waals surface area contributed by atoms with Crippen LogP contribution in [0.1, 0.15) is 12.2 Å². The van der Waals surface area contributed by atoms with Crippen molar-refractivity contribution in [3.63, 3.8) is 0 Å². The Morgan fingerprint density at radius 2 is 2.27 bits per heavy atom. The number of hydrogen-bond acceptors (Lipinski definition) is 5. The van der Waals surface area contributed by atoms with Crippen molar-refractivity contribution in [1.29, 1.82) is 0 Å². The Morgan fingerprint density at radius 1 is 1.32 bits per heavy atom. The molecule has 1 aromatic heterocycles. The van der Waals surface area contributed by atoms with E-state index >= 15 is 0 Å². The molecule has 1 amide bonds. The summed E-state index contributed by atoms with van der Waals surface area (Å²) in [7, 11) is 0. The van der Waals surface area contributed by atoms with Crippen LogP contribution in [0, 0.1) is 17.8 Å². The van der Waals surface area contributed by atoms with Crippen LogP contribution in [0.25, 0.3) is 0 Å². The normalized spacial score (nSPS) is 32.4. The average molecular weight is 306 g/mol. The van der Waals surface area contributed by atoms with Gasteiger partial charge in [-0.3, -0.25) is 14.5 Å². The maximum Gasteiger partial charge on any atom is 0.251 e. The van der Waals surface area contributed by atoms with Crippen LogP contribution in [0.4, 0.5) is 0 Å². The zero-order valence-electron chi connectivity index (χ0n) is 12.6. The third-order valence-corrected chi connectivity index (χ3v) is 4.99. The maximum atomic E-state index is 12.7. The van der Waals surface area contributed by atoms with Gasteiger partial charge in [-0.05, 0) is 30.4 Å². The third kappa shape index (κ3) is 2.66. The Bertz CT molecular complexity index is 512. The lowest BCUT2D eigenvalue weighted by Crippen LogP contribution is -2.45. The van der Waals surface area contributed by atoms with Gasteiger partial charge in [0, 0.05) is 13.1 Å². The molecule has 3 aliphatic rings. The van der Waals surface area contributed by atoms with Crippen molar-refractivity contribution in [3.05, 3.63) is 24.2 Å². The van der Waals surface area contributed by atoms with E-state index in [9.17, 15) is 4.79 Å². The highest BCUT2D eigenvalue weighted by molar-refractivity contribution is 5.78. The first-order valence-corrected chi connectivity index (χ1v) is 8.08. The molecule has 22 heavy (non-hydrogen) atoms. The zero-order chi connectivity index (χ0) is 14.9. The van der Waals surface area contributed by atoms with Crippen molar-refractivity contribution in [1.82, 2.24) is 9.96 Å².